The van der Waals surface area contributed by atoms with Crippen molar-refractivity contribution >= 4 is 17.3 Å². The lowest BCUT2D eigenvalue weighted by atomic mass is 10.0. The van der Waals surface area contributed by atoms with E-state index in [0.717, 1.165) is 32.6 Å². The molecule has 1 amide bonds. The van der Waals surface area contributed by atoms with Crippen LogP contribution in [0.3, 0.4) is 0 Å². The fourth-order valence-corrected chi connectivity index (χ4v) is 3.84. The molecular formula is C22H29N5O3. The fraction of sp³-hybridized carbons (Fsp3) is 0.409. The molecule has 1 aliphatic heterocycles. The van der Waals surface area contributed by atoms with Crippen LogP contribution in [0.1, 0.15) is 28.4 Å². The number of piperazine rings is 1. The van der Waals surface area contributed by atoms with Crippen LogP contribution in [0.2, 0.25) is 0 Å². The minimum absolute atomic E-state index is 0.103. The Labute approximate surface area is 177 Å². The number of carbonyl (C=O) groups is 1. The molecule has 2 aromatic carbocycles. The predicted octanol–water partition coefficient (Wildman–Crippen LogP) is 2.75. The van der Waals surface area contributed by atoms with E-state index in [2.05, 4.69) is 51.7 Å². The summed E-state index contributed by atoms with van der Waals surface area (Å²) in [7, 11) is 3.76. The summed E-state index contributed by atoms with van der Waals surface area (Å²) < 4.78 is 0. The lowest BCUT2D eigenvalue weighted by Gasteiger charge is -2.40. The molecule has 2 aromatic rings. The van der Waals surface area contributed by atoms with Crippen LogP contribution < -0.4 is 10.6 Å². The molecule has 30 heavy (non-hydrogen) atoms. The molecule has 0 bridgehead atoms. The summed E-state index contributed by atoms with van der Waals surface area (Å²) >= 11 is 0. The maximum Gasteiger partial charge on any atom is 0.293 e. The van der Waals surface area contributed by atoms with Crippen LogP contribution in [0, 0.1) is 10.1 Å². The predicted molar refractivity (Wildman–Crippen MR) is 118 cm³/mol. The summed E-state index contributed by atoms with van der Waals surface area (Å²) in [6.07, 6.45) is 0.815. The van der Waals surface area contributed by atoms with Crippen LogP contribution in [0.5, 0.6) is 0 Å². The third kappa shape index (κ3) is 5.34. The van der Waals surface area contributed by atoms with Crippen molar-refractivity contribution in [2.24, 2.45) is 0 Å². The number of carbonyl (C=O) groups excluding carboxylic acids is 1. The number of amides is 1. The second kappa shape index (κ2) is 10.2. The fourth-order valence-electron chi connectivity index (χ4n) is 3.84. The second-order valence-electron chi connectivity index (χ2n) is 7.57. The van der Waals surface area contributed by atoms with E-state index in [1.54, 1.807) is 19.2 Å². The van der Waals surface area contributed by atoms with Crippen LogP contribution in [-0.4, -0.2) is 67.4 Å². The number of nitro groups is 1. The molecule has 1 aliphatic rings. The van der Waals surface area contributed by atoms with E-state index in [0.29, 0.717) is 23.8 Å². The maximum atomic E-state index is 12.4. The Morgan fingerprint density at radius 2 is 1.97 bits per heavy atom. The van der Waals surface area contributed by atoms with Gasteiger partial charge in [-0.05, 0) is 31.2 Å². The van der Waals surface area contributed by atoms with Crippen molar-refractivity contribution in [3.63, 3.8) is 0 Å². The molecule has 0 spiro atoms. The summed E-state index contributed by atoms with van der Waals surface area (Å²) in [5.74, 6) is -0.293. The van der Waals surface area contributed by atoms with Gasteiger partial charge >= 0.3 is 0 Å². The van der Waals surface area contributed by atoms with Gasteiger partial charge in [-0.1, -0.05) is 30.3 Å². The first-order valence-electron chi connectivity index (χ1n) is 10.2. The van der Waals surface area contributed by atoms with Crippen molar-refractivity contribution in [2.75, 3.05) is 52.1 Å². The SMILES string of the molecule is CNc1ccc(C(=O)NCCCN2CCN(C)C[C@@H]2c2ccccc2)cc1[N+](=O)[O-]. The van der Waals surface area contributed by atoms with Crippen molar-refractivity contribution in [3.05, 3.63) is 69.8 Å². The average Bonchev–Trinajstić information content (AvgIpc) is 2.77. The van der Waals surface area contributed by atoms with Crippen molar-refractivity contribution in [1.82, 2.24) is 15.1 Å². The molecule has 3 rings (SSSR count). The van der Waals surface area contributed by atoms with E-state index in [1.807, 2.05) is 6.07 Å². The first kappa shape index (κ1) is 21.7. The number of likely N-dealkylation sites (N-methyl/N-ethyl adjacent to an activating group) is 1. The molecule has 1 atom stereocenters. The van der Waals surface area contributed by atoms with Crippen molar-refractivity contribution in [1.29, 1.82) is 0 Å². The second-order valence-corrected chi connectivity index (χ2v) is 7.57. The number of nitrogens with one attached hydrogen (secondary N) is 2. The Hall–Kier alpha value is -2.97. The van der Waals surface area contributed by atoms with Crippen LogP contribution in [0.4, 0.5) is 11.4 Å². The lowest BCUT2D eigenvalue weighted by Crippen LogP contribution is -2.47. The quantitative estimate of drug-likeness (QED) is 0.394. The molecule has 8 nitrogen and oxygen atoms in total. The molecule has 0 radical (unpaired) electrons. The highest BCUT2D eigenvalue weighted by molar-refractivity contribution is 5.95. The molecule has 8 heteroatoms. The highest BCUT2D eigenvalue weighted by Gasteiger charge is 2.26. The molecular weight excluding hydrogens is 382 g/mol. The smallest absolute Gasteiger partial charge is 0.293 e. The minimum atomic E-state index is -0.486. The number of anilines is 1. The minimum Gasteiger partial charge on any atom is -0.383 e. The number of hydrogen-bond donors (Lipinski definition) is 2. The summed E-state index contributed by atoms with van der Waals surface area (Å²) in [4.78, 5) is 27.9. The van der Waals surface area contributed by atoms with E-state index in [9.17, 15) is 14.9 Å². The summed E-state index contributed by atoms with van der Waals surface area (Å²) in [6, 6.07) is 15.3. The Kier molecular flexibility index (Phi) is 7.37. The molecule has 0 aliphatic carbocycles. The first-order valence-corrected chi connectivity index (χ1v) is 10.2. The molecule has 160 valence electrons. The van der Waals surface area contributed by atoms with Gasteiger partial charge < -0.3 is 15.5 Å². The Morgan fingerprint density at radius 1 is 1.20 bits per heavy atom. The monoisotopic (exact) mass is 411 g/mol. The van der Waals surface area contributed by atoms with Gasteiger partial charge in [-0.2, -0.15) is 0 Å². The Balaban J connectivity index is 1.54. The Bertz CT molecular complexity index is 874. The summed E-state index contributed by atoms with van der Waals surface area (Å²) in [6.45, 7) is 4.40. The highest BCUT2D eigenvalue weighted by atomic mass is 16.6. The largest absolute Gasteiger partial charge is 0.383 e. The van der Waals surface area contributed by atoms with E-state index in [-0.39, 0.29) is 11.6 Å². The van der Waals surface area contributed by atoms with Gasteiger partial charge in [0.2, 0.25) is 0 Å². The van der Waals surface area contributed by atoms with Crippen molar-refractivity contribution in [2.45, 2.75) is 12.5 Å². The maximum absolute atomic E-state index is 12.4. The van der Waals surface area contributed by atoms with Gasteiger partial charge in [-0.25, -0.2) is 0 Å². The van der Waals surface area contributed by atoms with Crippen LogP contribution in [0.15, 0.2) is 48.5 Å². The number of rotatable bonds is 8. The van der Waals surface area contributed by atoms with Gasteiger partial charge in [0.05, 0.1) is 4.92 Å². The lowest BCUT2D eigenvalue weighted by molar-refractivity contribution is -0.384. The van der Waals surface area contributed by atoms with E-state index in [1.165, 1.54) is 11.6 Å². The van der Waals surface area contributed by atoms with Crippen LogP contribution in [0.25, 0.3) is 0 Å². The summed E-state index contributed by atoms with van der Waals surface area (Å²) in [5, 5.41) is 16.8. The van der Waals surface area contributed by atoms with Crippen LogP contribution >= 0.6 is 0 Å². The third-order valence-electron chi connectivity index (χ3n) is 5.51. The number of nitrogens with zero attached hydrogens (tertiary/aromatic N) is 3. The van der Waals surface area contributed by atoms with Gasteiger partial charge in [0.15, 0.2) is 0 Å². The number of nitro benzene ring substituents is 1. The van der Waals surface area contributed by atoms with Gasteiger partial charge in [-0.15, -0.1) is 0 Å². The Morgan fingerprint density at radius 3 is 2.67 bits per heavy atom. The topological polar surface area (TPSA) is 90.8 Å². The molecule has 2 N–H and O–H groups in total. The molecule has 1 heterocycles. The third-order valence-corrected chi connectivity index (χ3v) is 5.51. The standard InChI is InChI=1S/C22H29N5O3/c1-23-19-10-9-18(15-20(19)27(29)30)22(28)24-11-6-12-26-14-13-25(2)16-21(26)17-7-4-3-5-8-17/h3-5,7-10,15,21,23H,6,11-14,16H2,1-2H3,(H,24,28)/t21-/m1/s1. The van der Waals surface area contributed by atoms with Crippen LogP contribution in [-0.2, 0) is 0 Å². The molecule has 0 unspecified atom stereocenters. The zero-order chi connectivity index (χ0) is 21.5. The molecule has 0 aromatic heterocycles. The highest BCUT2D eigenvalue weighted by Crippen LogP contribution is 2.26. The van der Waals surface area contributed by atoms with Crippen molar-refractivity contribution < 1.29 is 9.72 Å². The zero-order valence-electron chi connectivity index (χ0n) is 17.5. The van der Waals surface area contributed by atoms with E-state index >= 15 is 0 Å². The van der Waals surface area contributed by atoms with E-state index < -0.39 is 4.92 Å². The van der Waals surface area contributed by atoms with E-state index in [4.69, 9.17) is 0 Å². The molecule has 0 saturated carbocycles. The van der Waals surface area contributed by atoms with Gasteiger partial charge in [0, 0.05) is 57.4 Å². The van der Waals surface area contributed by atoms with Crippen molar-refractivity contribution in [3.8, 4) is 0 Å². The zero-order valence-corrected chi connectivity index (χ0v) is 17.5. The van der Waals surface area contributed by atoms with Gasteiger partial charge in [0.25, 0.3) is 11.6 Å². The molecule has 1 saturated heterocycles. The van der Waals surface area contributed by atoms with Gasteiger partial charge in [0.1, 0.15) is 5.69 Å². The summed E-state index contributed by atoms with van der Waals surface area (Å²) in [5.41, 5.74) is 1.89. The number of hydrogen-bond acceptors (Lipinski definition) is 6. The first-order chi connectivity index (χ1) is 14.5. The van der Waals surface area contributed by atoms with Gasteiger partial charge in [-0.3, -0.25) is 19.8 Å². The average molecular weight is 412 g/mol. The molecule has 1 fully saturated rings. The number of benzene rings is 2. The normalized spacial score (nSPS) is 17.5.